The fourth-order valence-electron chi connectivity index (χ4n) is 3.31. The third-order valence-corrected chi connectivity index (χ3v) is 4.88. The highest BCUT2D eigenvalue weighted by molar-refractivity contribution is 6.39. The first kappa shape index (κ1) is 16.0. The minimum atomic E-state index is -0.270. The third kappa shape index (κ3) is 3.55. The zero-order chi connectivity index (χ0) is 16.3. The van der Waals surface area contributed by atoms with E-state index in [9.17, 15) is 4.79 Å². The molecule has 2 atom stereocenters. The topological polar surface area (TPSA) is 53.9 Å². The number of hydrogen-bond donors (Lipinski definition) is 1. The summed E-state index contributed by atoms with van der Waals surface area (Å²) in [5, 5.41) is 7.06. The van der Waals surface area contributed by atoms with Crippen LogP contribution in [-0.2, 0) is 9.63 Å². The Morgan fingerprint density at radius 2 is 2.22 bits per heavy atom. The van der Waals surface area contributed by atoms with Crippen LogP contribution in [-0.4, -0.2) is 48.3 Å². The van der Waals surface area contributed by atoms with Crippen molar-refractivity contribution in [2.45, 2.75) is 38.2 Å². The van der Waals surface area contributed by atoms with Crippen LogP contribution in [0.15, 0.2) is 35.5 Å². The van der Waals surface area contributed by atoms with Gasteiger partial charge in [0.2, 0.25) is 0 Å². The van der Waals surface area contributed by atoms with E-state index in [1.165, 1.54) is 5.56 Å². The number of hydrogen-bond acceptors (Lipinski definition) is 4. The number of amides is 1. The normalized spacial score (nSPS) is 25.2. The molecule has 23 heavy (non-hydrogen) atoms. The number of oxime groups is 1. The number of carbonyl (C=O) groups is 1. The molecule has 1 aromatic rings. The molecule has 2 heterocycles. The quantitative estimate of drug-likeness (QED) is 0.906. The van der Waals surface area contributed by atoms with Crippen molar-refractivity contribution in [3.63, 3.8) is 0 Å². The van der Waals surface area contributed by atoms with Crippen molar-refractivity contribution in [2.24, 2.45) is 5.16 Å². The first-order valence-corrected chi connectivity index (χ1v) is 8.42. The molecule has 0 aliphatic carbocycles. The molecule has 0 bridgehead atoms. The average Bonchev–Trinajstić information content (AvgIpc) is 3.20. The van der Waals surface area contributed by atoms with Gasteiger partial charge in [0.15, 0.2) is 5.60 Å². The van der Waals surface area contributed by atoms with Gasteiger partial charge in [0, 0.05) is 32.5 Å². The van der Waals surface area contributed by atoms with E-state index >= 15 is 0 Å². The molecule has 2 aliphatic rings. The first-order chi connectivity index (χ1) is 11.1. The Hall–Kier alpha value is -1.88. The van der Waals surface area contributed by atoms with E-state index < -0.39 is 0 Å². The Bertz CT molecular complexity index is 587. The van der Waals surface area contributed by atoms with Crippen LogP contribution in [0.5, 0.6) is 0 Å². The van der Waals surface area contributed by atoms with E-state index in [4.69, 9.17) is 4.84 Å². The second-order valence-electron chi connectivity index (χ2n) is 6.63. The molecule has 1 N–H and O–H groups in total. The van der Waals surface area contributed by atoms with Gasteiger partial charge in [-0.05, 0) is 18.0 Å². The smallest absolute Gasteiger partial charge is 0.269 e. The van der Waals surface area contributed by atoms with Crippen LogP contribution >= 0.6 is 0 Å². The molecular formula is C18H25N3O2. The number of nitrogens with one attached hydrogen (secondary N) is 1. The number of nitrogens with zero attached hydrogens (tertiary/aromatic N) is 2. The van der Waals surface area contributed by atoms with Crippen LogP contribution in [0.25, 0.3) is 0 Å². The van der Waals surface area contributed by atoms with E-state index in [1.807, 2.05) is 18.2 Å². The minimum absolute atomic E-state index is 0.0976. The lowest BCUT2D eigenvalue weighted by atomic mass is 9.96. The van der Waals surface area contributed by atoms with Crippen LogP contribution in [0.1, 0.15) is 38.2 Å². The summed E-state index contributed by atoms with van der Waals surface area (Å²) >= 11 is 0. The molecule has 2 aliphatic heterocycles. The molecule has 0 radical (unpaired) electrons. The lowest BCUT2D eigenvalue weighted by Gasteiger charge is -2.20. The molecule has 5 heteroatoms. The maximum absolute atomic E-state index is 12.3. The number of rotatable bonds is 5. The minimum Gasteiger partial charge on any atom is -0.387 e. The lowest BCUT2D eigenvalue weighted by molar-refractivity contribution is -0.115. The van der Waals surface area contributed by atoms with Crippen molar-refractivity contribution in [1.82, 2.24) is 10.2 Å². The molecule has 0 unspecified atom stereocenters. The van der Waals surface area contributed by atoms with E-state index in [0.29, 0.717) is 18.7 Å². The molecule has 1 aromatic carbocycles. The SMILES string of the molecule is CCN1CC[C@@]2(CC(C(=O)NC[C@H](C)c3ccccc3)=NO2)C1. The maximum Gasteiger partial charge on any atom is 0.269 e. The molecule has 1 amide bonds. The van der Waals surface area contributed by atoms with Gasteiger partial charge in [-0.15, -0.1) is 0 Å². The second-order valence-corrected chi connectivity index (χ2v) is 6.63. The van der Waals surface area contributed by atoms with Gasteiger partial charge >= 0.3 is 0 Å². The molecule has 5 nitrogen and oxygen atoms in total. The molecule has 1 saturated heterocycles. The largest absolute Gasteiger partial charge is 0.387 e. The average molecular weight is 315 g/mol. The highest BCUT2D eigenvalue weighted by atomic mass is 16.7. The van der Waals surface area contributed by atoms with Crippen molar-refractivity contribution in [3.05, 3.63) is 35.9 Å². The van der Waals surface area contributed by atoms with Gasteiger partial charge in [0.25, 0.3) is 5.91 Å². The van der Waals surface area contributed by atoms with Gasteiger partial charge in [-0.2, -0.15) is 0 Å². The fourth-order valence-corrected chi connectivity index (χ4v) is 3.31. The van der Waals surface area contributed by atoms with Crippen molar-refractivity contribution in [2.75, 3.05) is 26.2 Å². The van der Waals surface area contributed by atoms with Crippen molar-refractivity contribution in [3.8, 4) is 0 Å². The fraction of sp³-hybridized carbons (Fsp3) is 0.556. The lowest BCUT2D eigenvalue weighted by Crippen LogP contribution is -2.37. The van der Waals surface area contributed by atoms with Gasteiger partial charge < -0.3 is 10.2 Å². The number of likely N-dealkylation sites (N-methyl/N-ethyl adjacent to an activating group) is 1. The van der Waals surface area contributed by atoms with E-state index in [1.54, 1.807) is 0 Å². The monoisotopic (exact) mass is 315 g/mol. The molecule has 1 fully saturated rings. The summed E-state index contributed by atoms with van der Waals surface area (Å²) in [6, 6.07) is 10.2. The summed E-state index contributed by atoms with van der Waals surface area (Å²) in [6.45, 7) is 7.76. The van der Waals surface area contributed by atoms with Crippen molar-refractivity contribution >= 4 is 11.6 Å². The van der Waals surface area contributed by atoms with Crippen LogP contribution < -0.4 is 5.32 Å². The van der Waals surface area contributed by atoms with Gasteiger partial charge in [-0.1, -0.05) is 49.3 Å². The summed E-state index contributed by atoms with van der Waals surface area (Å²) in [7, 11) is 0. The van der Waals surface area contributed by atoms with Crippen LogP contribution in [0.4, 0.5) is 0 Å². The molecule has 124 valence electrons. The van der Waals surface area contributed by atoms with Gasteiger partial charge in [-0.3, -0.25) is 9.69 Å². The first-order valence-electron chi connectivity index (χ1n) is 8.42. The Labute approximate surface area is 137 Å². The number of benzene rings is 1. The molecule has 0 saturated carbocycles. The highest BCUT2D eigenvalue weighted by Gasteiger charge is 2.46. The summed E-state index contributed by atoms with van der Waals surface area (Å²) in [5.74, 6) is 0.179. The Kier molecular flexibility index (Phi) is 4.66. The summed E-state index contributed by atoms with van der Waals surface area (Å²) in [6.07, 6.45) is 1.57. The van der Waals surface area contributed by atoms with E-state index in [-0.39, 0.29) is 17.4 Å². The van der Waals surface area contributed by atoms with Crippen LogP contribution in [0.2, 0.25) is 0 Å². The van der Waals surface area contributed by atoms with Gasteiger partial charge in [0.1, 0.15) is 5.71 Å². The number of carbonyl (C=O) groups excluding carboxylic acids is 1. The predicted molar refractivity (Wildman–Crippen MR) is 90.5 cm³/mol. The Balaban J connectivity index is 1.50. The van der Waals surface area contributed by atoms with Crippen molar-refractivity contribution in [1.29, 1.82) is 0 Å². The van der Waals surface area contributed by atoms with E-state index in [2.05, 4.69) is 41.4 Å². The van der Waals surface area contributed by atoms with Crippen molar-refractivity contribution < 1.29 is 9.63 Å². The Morgan fingerprint density at radius 1 is 1.43 bits per heavy atom. The zero-order valence-electron chi connectivity index (χ0n) is 13.9. The standard InChI is InChI=1S/C18H25N3O2/c1-3-21-10-9-18(13-21)11-16(20-23-18)17(22)19-12-14(2)15-7-5-4-6-8-15/h4-8,14H,3,9-13H2,1-2H3,(H,19,22)/t14-,18+/m0/s1. The summed E-state index contributed by atoms with van der Waals surface area (Å²) in [5.41, 5.74) is 1.49. The van der Waals surface area contributed by atoms with E-state index in [0.717, 1.165) is 26.1 Å². The Morgan fingerprint density at radius 3 is 2.91 bits per heavy atom. The highest BCUT2D eigenvalue weighted by Crippen LogP contribution is 2.33. The molecule has 3 rings (SSSR count). The maximum atomic E-state index is 12.3. The third-order valence-electron chi connectivity index (χ3n) is 4.88. The number of likely N-dealkylation sites (tertiary alicyclic amines) is 1. The van der Waals surface area contributed by atoms with Crippen LogP contribution in [0.3, 0.4) is 0 Å². The van der Waals surface area contributed by atoms with Crippen LogP contribution in [0, 0.1) is 0 Å². The molecule has 1 spiro atoms. The molecular weight excluding hydrogens is 290 g/mol. The molecule has 0 aromatic heterocycles. The van der Waals surface area contributed by atoms with Gasteiger partial charge in [-0.25, -0.2) is 0 Å². The predicted octanol–water partition coefficient (Wildman–Crippen LogP) is 2.15. The zero-order valence-corrected chi connectivity index (χ0v) is 13.9. The second kappa shape index (κ2) is 6.71. The summed E-state index contributed by atoms with van der Waals surface area (Å²) in [4.78, 5) is 20.3. The van der Waals surface area contributed by atoms with Gasteiger partial charge in [0.05, 0.1) is 0 Å². The summed E-state index contributed by atoms with van der Waals surface area (Å²) < 4.78 is 0.